The number of halogens is 1. The number of anilines is 1. The molecule has 0 fully saturated rings. The summed E-state index contributed by atoms with van der Waals surface area (Å²) in [6.45, 7) is 2.05. The Labute approximate surface area is 144 Å². The van der Waals surface area contributed by atoms with Gasteiger partial charge in [-0.3, -0.25) is 0 Å². The van der Waals surface area contributed by atoms with Crippen molar-refractivity contribution in [1.29, 1.82) is 0 Å². The highest BCUT2D eigenvalue weighted by molar-refractivity contribution is 14.1. The second-order valence-corrected chi connectivity index (χ2v) is 6.88. The number of nitrogens with zero attached hydrogens (tertiary/aromatic N) is 2. The molecule has 2 aromatic carbocycles. The normalized spacial score (nSPS) is 11.5. The predicted octanol–water partition coefficient (Wildman–Crippen LogP) is 4.36. The summed E-state index contributed by atoms with van der Waals surface area (Å²) in [5, 5.41) is 6.08. The molecular formula is C18H20IN3. The SMILES string of the molecule is CN(C)CCCNc1c2ccccc2nc2cccc(I)c12. The third-order valence-corrected chi connectivity index (χ3v) is 4.64. The van der Waals surface area contributed by atoms with E-state index in [9.17, 15) is 0 Å². The number of aromatic nitrogens is 1. The van der Waals surface area contributed by atoms with E-state index >= 15 is 0 Å². The van der Waals surface area contributed by atoms with Crippen LogP contribution in [0.4, 0.5) is 5.69 Å². The number of hydrogen-bond donors (Lipinski definition) is 1. The van der Waals surface area contributed by atoms with Gasteiger partial charge in [-0.05, 0) is 67.9 Å². The molecular weight excluding hydrogens is 385 g/mol. The van der Waals surface area contributed by atoms with Crippen LogP contribution in [0.15, 0.2) is 42.5 Å². The van der Waals surface area contributed by atoms with Crippen molar-refractivity contribution in [2.24, 2.45) is 0 Å². The lowest BCUT2D eigenvalue weighted by molar-refractivity contribution is 0.405. The van der Waals surface area contributed by atoms with Crippen LogP contribution in [-0.4, -0.2) is 37.1 Å². The zero-order chi connectivity index (χ0) is 15.5. The molecule has 3 aromatic rings. The number of pyridine rings is 1. The van der Waals surface area contributed by atoms with Gasteiger partial charge >= 0.3 is 0 Å². The number of rotatable bonds is 5. The van der Waals surface area contributed by atoms with Crippen LogP contribution in [0.3, 0.4) is 0 Å². The lowest BCUT2D eigenvalue weighted by Gasteiger charge is -2.15. The molecule has 0 saturated carbocycles. The summed E-state index contributed by atoms with van der Waals surface area (Å²) in [7, 11) is 4.22. The number of benzene rings is 2. The number of hydrogen-bond acceptors (Lipinski definition) is 3. The summed E-state index contributed by atoms with van der Waals surface area (Å²) in [4.78, 5) is 7.02. The zero-order valence-electron chi connectivity index (χ0n) is 12.9. The van der Waals surface area contributed by atoms with Crippen LogP contribution in [-0.2, 0) is 0 Å². The molecule has 3 nitrogen and oxygen atoms in total. The maximum absolute atomic E-state index is 4.80. The first kappa shape index (κ1) is 15.5. The Bertz CT molecular complexity index is 799. The fourth-order valence-corrected chi connectivity index (χ4v) is 3.45. The summed E-state index contributed by atoms with van der Waals surface area (Å²) in [5.41, 5.74) is 3.32. The summed E-state index contributed by atoms with van der Waals surface area (Å²) in [5.74, 6) is 0. The largest absolute Gasteiger partial charge is 0.384 e. The van der Waals surface area contributed by atoms with Crippen LogP contribution in [0.25, 0.3) is 21.8 Å². The average Bonchev–Trinajstić information content (AvgIpc) is 2.50. The molecule has 22 heavy (non-hydrogen) atoms. The van der Waals surface area contributed by atoms with Crippen LogP contribution >= 0.6 is 22.6 Å². The third kappa shape index (κ3) is 3.17. The molecule has 3 rings (SSSR count). The maximum Gasteiger partial charge on any atom is 0.0741 e. The van der Waals surface area contributed by atoms with Crippen molar-refractivity contribution in [2.45, 2.75) is 6.42 Å². The van der Waals surface area contributed by atoms with Gasteiger partial charge in [-0.15, -0.1) is 0 Å². The molecule has 0 amide bonds. The summed E-state index contributed by atoms with van der Waals surface area (Å²) in [6.07, 6.45) is 1.12. The Morgan fingerprint density at radius 2 is 1.82 bits per heavy atom. The van der Waals surface area contributed by atoms with Crippen molar-refractivity contribution in [1.82, 2.24) is 9.88 Å². The smallest absolute Gasteiger partial charge is 0.0741 e. The van der Waals surface area contributed by atoms with Gasteiger partial charge in [0.2, 0.25) is 0 Å². The van der Waals surface area contributed by atoms with Crippen molar-refractivity contribution >= 4 is 50.1 Å². The van der Waals surface area contributed by atoms with E-state index in [1.165, 1.54) is 20.0 Å². The monoisotopic (exact) mass is 405 g/mol. The quantitative estimate of drug-likeness (QED) is 0.389. The van der Waals surface area contributed by atoms with Crippen molar-refractivity contribution in [3.8, 4) is 0 Å². The van der Waals surface area contributed by atoms with Gasteiger partial charge in [-0.1, -0.05) is 24.3 Å². The van der Waals surface area contributed by atoms with Gasteiger partial charge < -0.3 is 10.2 Å². The van der Waals surface area contributed by atoms with E-state index in [-0.39, 0.29) is 0 Å². The first-order valence-electron chi connectivity index (χ1n) is 7.52. The van der Waals surface area contributed by atoms with Crippen molar-refractivity contribution in [3.05, 3.63) is 46.0 Å². The van der Waals surface area contributed by atoms with Gasteiger partial charge in [0.25, 0.3) is 0 Å². The van der Waals surface area contributed by atoms with Gasteiger partial charge in [0.15, 0.2) is 0 Å². The van der Waals surface area contributed by atoms with E-state index in [0.717, 1.165) is 30.5 Å². The molecule has 0 aliphatic rings. The molecule has 0 unspecified atom stereocenters. The molecule has 1 heterocycles. The molecule has 0 spiro atoms. The van der Waals surface area contributed by atoms with Crippen LogP contribution in [0.2, 0.25) is 0 Å². The van der Waals surface area contributed by atoms with E-state index in [2.05, 4.69) is 83.3 Å². The standard InChI is InChI=1S/C18H20IN3/c1-22(2)12-6-11-20-18-13-7-3-4-9-15(13)21-16-10-5-8-14(19)17(16)18/h3-5,7-10H,6,11-12H2,1-2H3,(H,20,21). The molecule has 114 valence electrons. The first-order valence-corrected chi connectivity index (χ1v) is 8.60. The average molecular weight is 405 g/mol. The minimum Gasteiger partial charge on any atom is -0.384 e. The fourth-order valence-electron chi connectivity index (χ4n) is 2.69. The van der Waals surface area contributed by atoms with Gasteiger partial charge in [0.1, 0.15) is 0 Å². The Morgan fingerprint density at radius 1 is 1.05 bits per heavy atom. The molecule has 0 saturated heterocycles. The molecule has 4 heteroatoms. The van der Waals surface area contributed by atoms with Gasteiger partial charge in [0.05, 0.1) is 16.7 Å². The summed E-state index contributed by atoms with van der Waals surface area (Å²) < 4.78 is 1.24. The summed E-state index contributed by atoms with van der Waals surface area (Å²) in [6, 6.07) is 14.7. The van der Waals surface area contributed by atoms with Crippen molar-refractivity contribution in [2.75, 3.05) is 32.5 Å². The molecule has 0 aliphatic carbocycles. The second kappa shape index (κ2) is 6.79. The van der Waals surface area contributed by atoms with Crippen molar-refractivity contribution in [3.63, 3.8) is 0 Å². The lowest BCUT2D eigenvalue weighted by Crippen LogP contribution is -2.16. The minimum absolute atomic E-state index is 0.965. The van der Waals surface area contributed by atoms with Gasteiger partial charge in [-0.25, -0.2) is 4.98 Å². The second-order valence-electron chi connectivity index (χ2n) is 5.72. The van der Waals surface area contributed by atoms with E-state index in [0.29, 0.717) is 0 Å². The van der Waals surface area contributed by atoms with Crippen LogP contribution in [0, 0.1) is 3.57 Å². The van der Waals surface area contributed by atoms with Crippen LogP contribution < -0.4 is 5.32 Å². The number of fused-ring (bicyclic) bond motifs is 2. The van der Waals surface area contributed by atoms with E-state index in [4.69, 9.17) is 4.98 Å². The molecule has 1 N–H and O–H groups in total. The predicted molar refractivity (Wildman–Crippen MR) is 104 cm³/mol. The van der Waals surface area contributed by atoms with Gasteiger partial charge in [-0.2, -0.15) is 0 Å². The highest BCUT2D eigenvalue weighted by Crippen LogP contribution is 2.33. The fraction of sp³-hybridized carbons (Fsp3) is 0.278. The Morgan fingerprint density at radius 3 is 2.64 bits per heavy atom. The molecule has 0 bridgehead atoms. The number of para-hydroxylation sites is 1. The lowest BCUT2D eigenvalue weighted by atomic mass is 10.1. The molecule has 0 radical (unpaired) electrons. The summed E-state index contributed by atoms with van der Waals surface area (Å²) >= 11 is 2.40. The van der Waals surface area contributed by atoms with Crippen LogP contribution in [0.1, 0.15) is 6.42 Å². The van der Waals surface area contributed by atoms with Crippen molar-refractivity contribution < 1.29 is 0 Å². The minimum atomic E-state index is 0.965. The maximum atomic E-state index is 4.80. The molecule has 0 atom stereocenters. The topological polar surface area (TPSA) is 28.2 Å². The zero-order valence-corrected chi connectivity index (χ0v) is 15.1. The highest BCUT2D eigenvalue weighted by atomic mass is 127. The van der Waals surface area contributed by atoms with E-state index in [1.54, 1.807) is 0 Å². The van der Waals surface area contributed by atoms with Crippen LogP contribution in [0.5, 0.6) is 0 Å². The Hall–Kier alpha value is -1.40. The van der Waals surface area contributed by atoms with E-state index in [1.807, 2.05) is 6.07 Å². The first-order chi connectivity index (χ1) is 10.7. The third-order valence-electron chi connectivity index (χ3n) is 3.74. The molecule has 1 aromatic heterocycles. The number of nitrogens with one attached hydrogen (secondary N) is 1. The highest BCUT2D eigenvalue weighted by Gasteiger charge is 2.10. The Balaban J connectivity index is 2.06. The molecule has 0 aliphatic heterocycles. The van der Waals surface area contributed by atoms with E-state index < -0.39 is 0 Å². The van der Waals surface area contributed by atoms with Gasteiger partial charge in [0, 0.05) is 20.9 Å². The Kier molecular flexibility index (Phi) is 4.78.